The Labute approximate surface area is 202 Å². The van der Waals surface area contributed by atoms with Crippen LogP contribution in [0.3, 0.4) is 0 Å². The summed E-state index contributed by atoms with van der Waals surface area (Å²) in [5.41, 5.74) is 7.77. The van der Waals surface area contributed by atoms with Crippen molar-refractivity contribution in [2.45, 2.75) is 25.8 Å². The summed E-state index contributed by atoms with van der Waals surface area (Å²) in [5.74, 6) is 0.687. The molecule has 0 aliphatic carbocycles. The number of aryl methyl sites for hydroxylation is 1. The summed E-state index contributed by atoms with van der Waals surface area (Å²) in [4.78, 5) is 26.1. The van der Waals surface area contributed by atoms with Crippen LogP contribution in [0.2, 0.25) is 0 Å². The fourth-order valence-corrected chi connectivity index (χ4v) is 4.10. The minimum absolute atomic E-state index is 0.0432. The number of hydrogen-bond donors (Lipinski definition) is 4. The fourth-order valence-electron chi connectivity index (χ4n) is 3.48. The van der Waals surface area contributed by atoms with Crippen molar-refractivity contribution in [3.05, 3.63) is 58.4 Å². The van der Waals surface area contributed by atoms with Crippen LogP contribution in [-0.4, -0.2) is 58.0 Å². The molecule has 0 radical (unpaired) electrons. The first kappa shape index (κ1) is 24.6. The lowest BCUT2D eigenvalue weighted by molar-refractivity contribution is 0.112. The van der Waals surface area contributed by atoms with E-state index in [1.807, 2.05) is 20.2 Å². The van der Waals surface area contributed by atoms with Gasteiger partial charge in [-0.15, -0.1) is 11.3 Å². The summed E-state index contributed by atoms with van der Waals surface area (Å²) in [6.45, 7) is 3.38. The van der Waals surface area contributed by atoms with Crippen LogP contribution in [0.1, 0.15) is 39.2 Å². The average Bonchev–Trinajstić information content (AvgIpc) is 3.30. The molecule has 0 bridgehead atoms. The molecule has 10 nitrogen and oxygen atoms in total. The van der Waals surface area contributed by atoms with E-state index < -0.39 is 0 Å². The number of anilines is 3. The zero-order chi connectivity index (χ0) is 24.5. The molecular weight excluding hydrogens is 450 g/mol. The van der Waals surface area contributed by atoms with Crippen molar-refractivity contribution in [3.63, 3.8) is 0 Å². The third-order valence-corrected chi connectivity index (χ3v) is 6.13. The molecule has 0 saturated carbocycles. The monoisotopic (exact) mass is 477 g/mol. The molecule has 11 heteroatoms. The number of rotatable bonds is 6. The van der Waals surface area contributed by atoms with Crippen molar-refractivity contribution < 1.29 is 4.79 Å². The number of thiazole rings is 1. The highest BCUT2D eigenvalue weighted by Crippen LogP contribution is 2.24. The summed E-state index contributed by atoms with van der Waals surface area (Å²) in [6, 6.07) is 6.73. The van der Waals surface area contributed by atoms with E-state index >= 15 is 0 Å². The van der Waals surface area contributed by atoms with E-state index in [1.165, 1.54) is 11.2 Å². The number of aromatic nitrogens is 3. The SMILES string of the molecule is CNc1ncc(C)s1.N#CN1CCCC(Nc2ncnc(N)c2C(=N)c2ccc(C=O)cc2)C1. The first-order valence-corrected chi connectivity index (χ1v) is 11.5. The van der Waals surface area contributed by atoms with Crippen molar-refractivity contribution in [1.29, 1.82) is 10.7 Å². The topological polar surface area (TPSA) is 157 Å². The molecule has 1 aliphatic rings. The Morgan fingerprint density at radius 1 is 1.32 bits per heavy atom. The zero-order valence-corrected chi connectivity index (χ0v) is 19.9. The minimum atomic E-state index is 0.0432. The van der Waals surface area contributed by atoms with Gasteiger partial charge >= 0.3 is 0 Å². The molecule has 1 atom stereocenters. The molecule has 1 aliphatic heterocycles. The first-order chi connectivity index (χ1) is 16.4. The van der Waals surface area contributed by atoms with E-state index in [4.69, 9.17) is 16.4 Å². The second-order valence-corrected chi connectivity index (χ2v) is 8.89. The van der Waals surface area contributed by atoms with Crippen molar-refractivity contribution >= 4 is 40.1 Å². The molecule has 1 unspecified atom stereocenters. The van der Waals surface area contributed by atoms with Crippen LogP contribution in [-0.2, 0) is 0 Å². The smallest absolute Gasteiger partial charge is 0.182 e. The van der Waals surface area contributed by atoms with E-state index in [0.717, 1.165) is 30.8 Å². The maximum Gasteiger partial charge on any atom is 0.182 e. The van der Waals surface area contributed by atoms with Crippen LogP contribution in [0.15, 0.2) is 36.8 Å². The van der Waals surface area contributed by atoms with Crippen molar-refractivity contribution in [2.75, 3.05) is 36.5 Å². The van der Waals surface area contributed by atoms with E-state index in [-0.39, 0.29) is 17.6 Å². The second-order valence-electron chi connectivity index (χ2n) is 7.65. The van der Waals surface area contributed by atoms with Crippen molar-refractivity contribution in [3.8, 4) is 6.19 Å². The number of nitrogens with two attached hydrogens (primary N) is 1. The Hall–Kier alpha value is -4.04. The summed E-state index contributed by atoms with van der Waals surface area (Å²) in [7, 11) is 1.87. The van der Waals surface area contributed by atoms with Gasteiger partial charge in [0.15, 0.2) is 11.3 Å². The summed E-state index contributed by atoms with van der Waals surface area (Å²) in [5, 5.41) is 24.9. The van der Waals surface area contributed by atoms with E-state index in [0.29, 0.717) is 29.1 Å². The van der Waals surface area contributed by atoms with Gasteiger partial charge in [0.2, 0.25) is 0 Å². The molecule has 3 aromatic rings. The molecule has 176 valence electrons. The van der Waals surface area contributed by atoms with Crippen LogP contribution in [0.4, 0.5) is 16.8 Å². The lowest BCUT2D eigenvalue weighted by atomic mass is 10.0. The van der Waals surface area contributed by atoms with E-state index in [9.17, 15) is 4.79 Å². The Bertz CT molecular complexity index is 1170. The molecule has 0 amide bonds. The van der Waals surface area contributed by atoms with Crippen molar-refractivity contribution in [2.24, 2.45) is 0 Å². The molecule has 1 aromatic carbocycles. The largest absolute Gasteiger partial charge is 0.383 e. The highest BCUT2D eigenvalue weighted by Gasteiger charge is 2.22. The van der Waals surface area contributed by atoms with Gasteiger partial charge in [0.25, 0.3) is 0 Å². The lowest BCUT2D eigenvalue weighted by Gasteiger charge is -2.30. The van der Waals surface area contributed by atoms with E-state index in [2.05, 4.69) is 31.8 Å². The Kier molecular flexibility index (Phi) is 8.48. The van der Waals surface area contributed by atoms with Gasteiger partial charge in [0, 0.05) is 48.4 Å². The summed E-state index contributed by atoms with van der Waals surface area (Å²) >= 11 is 1.67. The maximum absolute atomic E-state index is 10.8. The van der Waals surface area contributed by atoms with Crippen LogP contribution >= 0.6 is 11.3 Å². The molecule has 3 heterocycles. The zero-order valence-electron chi connectivity index (χ0n) is 19.1. The number of nitriles is 1. The van der Waals surface area contributed by atoms with Crippen LogP contribution in [0.5, 0.6) is 0 Å². The van der Waals surface area contributed by atoms with Gasteiger partial charge in [-0.2, -0.15) is 5.26 Å². The van der Waals surface area contributed by atoms with Crippen molar-refractivity contribution in [1.82, 2.24) is 19.9 Å². The van der Waals surface area contributed by atoms with Crippen LogP contribution in [0, 0.1) is 23.8 Å². The highest BCUT2D eigenvalue weighted by atomic mass is 32.1. The van der Waals surface area contributed by atoms with Gasteiger partial charge in [-0.3, -0.25) is 10.2 Å². The number of carbonyl (C=O) groups excluding carboxylic acids is 1. The third-order valence-electron chi connectivity index (χ3n) is 5.20. The average molecular weight is 478 g/mol. The number of piperidine rings is 1. The van der Waals surface area contributed by atoms with Gasteiger partial charge in [-0.1, -0.05) is 24.3 Å². The number of nitrogens with zero attached hydrogens (tertiary/aromatic N) is 5. The molecule has 4 rings (SSSR count). The standard InChI is InChI=1S/C18H19N7O.C5H8N2S/c19-10-25-7-1-2-14(8-25)24-18-15(17(21)22-11-23-18)16(20)13-5-3-12(9-26)4-6-13;1-4-3-7-5(6-2)8-4/h3-6,9,11,14,20H,1-2,7-8H2,(H3,21,22,23,24);3H,1-2H3,(H,6,7). The summed E-state index contributed by atoms with van der Waals surface area (Å²) < 4.78 is 0. The Morgan fingerprint density at radius 3 is 2.68 bits per heavy atom. The molecule has 1 fully saturated rings. The number of benzene rings is 1. The second kappa shape index (κ2) is 11.7. The van der Waals surface area contributed by atoms with Gasteiger partial charge in [-0.25, -0.2) is 15.0 Å². The molecular formula is C23H27N9OS. The maximum atomic E-state index is 10.8. The Balaban J connectivity index is 0.000000343. The minimum Gasteiger partial charge on any atom is -0.383 e. The number of nitrogens with one attached hydrogen (secondary N) is 3. The first-order valence-electron chi connectivity index (χ1n) is 10.7. The number of carbonyl (C=O) groups is 1. The molecule has 5 N–H and O–H groups in total. The van der Waals surface area contributed by atoms with Gasteiger partial charge in [0.05, 0.1) is 11.3 Å². The predicted octanol–water partition coefficient (Wildman–Crippen LogP) is 3.14. The van der Waals surface area contributed by atoms with Gasteiger partial charge < -0.3 is 21.3 Å². The van der Waals surface area contributed by atoms with Crippen LogP contribution < -0.4 is 16.4 Å². The normalized spacial score (nSPS) is 14.9. The van der Waals surface area contributed by atoms with Gasteiger partial charge in [0.1, 0.15) is 24.2 Å². The van der Waals surface area contributed by atoms with Crippen LogP contribution in [0.25, 0.3) is 0 Å². The molecule has 34 heavy (non-hydrogen) atoms. The number of hydrogen-bond acceptors (Lipinski definition) is 11. The Morgan fingerprint density at radius 2 is 2.09 bits per heavy atom. The number of aldehydes is 1. The molecule has 1 saturated heterocycles. The summed E-state index contributed by atoms with van der Waals surface area (Å²) in [6.07, 6.45) is 7.95. The van der Waals surface area contributed by atoms with Gasteiger partial charge in [-0.05, 0) is 19.8 Å². The number of nitrogen functional groups attached to an aromatic ring is 1. The predicted molar refractivity (Wildman–Crippen MR) is 134 cm³/mol. The quantitative estimate of drug-likeness (QED) is 0.238. The lowest BCUT2D eigenvalue weighted by Crippen LogP contribution is -2.40. The fraction of sp³-hybridized carbons (Fsp3) is 0.304. The van der Waals surface area contributed by atoms with E-state index in [1.54, 1.807) is 40.5 Å². The highest BCUT2D eigenvalue weighted by molar-refractivity contribution is 7.15. The number of likely N-dealkylation sites (tertiary alicyclic amines) is 1. The molecule has 2 aromatic heterocycles. The molecule has 0 spiro atoms. The third kappa shape index (κ3) is 6.26.